The number of hydrogen-bond donors (Lipinski definition) is 3. The maximum atomic E-state index is 8.90. The minimum Gasteiger partial charge on any atom is -0.394 e. The highest BCUT2D eigenvalue weighted by Gasteiger charge is 1.98. The molecular weight excluding hydrogens is 162 g/mol. The molecule has 3 N–H and O–H groups in total. The van der Waals surface area contributed by atoms with Gasteiger partial charge >= 0.3 is 0 Å². The molecule has 0 aliphatic carbocycles. The second-order valence-electron chi connectivity index (χ2n) is 2.39. The van der Waals surface area contributed by atoms with Crippen molar-refractivity contribution in [2.24, 2.45) is 0 Å². The molecule has 4 heteroatoms. The highest BCUT2D eigenvalue weighted by Crippen LogP contribution is 1.93. The third-order valence-electron chi connectivity index (χ3n) is 1.29. The Kier molecular flexibility index (Phi) is 8.50. The fourth-order valence-electron chi connectivity index (χ4n) is 0.675. The highest BCUT2D eigenvalue weighted by atomic mass is 32.2. The highest BCUT2D eigenvalue weighted by molar-refractivity contribution is 7.98. The Bertz CT molecular complexity index is 82.8. The summed E-state index contributed by atoms with van der Waals surface area (Å²) in [6.07, 6.45) is 2.58. The van der Waals surface area contributed by atoms with Crippen LogP contribution in [0.1, 0.15) is 6.42 Å². The van der Waals surface area contributed by atoms with Crippen molar-refractivity contribution < 1.29 is 10.2 Å². The van der Waals surface area contributed by atoms with E-state index >= 15 is 0 Å². The molecule has 1 atom stereocenters. The van der Waals surface area contributed by atoms with Crippen LogP contribution < -0.4 is 5.32 Å². The molecule has 0 aromatic carbocycles. The van der Waals surface area contributed by atoms with Crippen LogP contribution >= 0.6 is 11.8 Å². The van der Waals surface area contributed by atoms with Crippen LogP contribution in [0, 0.1) is 0 Å². The van der Waals surface area contributed by atoms with E-state index < -0.39 is 6.10 Å². The zero-order chi connectivity index (χ0) is 8.53. The van der Waals surface area contributed by atoms with Crippen LogP contribution in [0.2, 0.25) is 0 Å². The van der Waals surface area contributed by atoms with Crippen molar-refractivity contribution in [2.75, 3.05) is 31.7 Å². The first-order valence-corrected chi connectivity index (χ1v) is 5.19. The molecule has 0 saturated heterocycles. The molecule has 0 amide bonds. The summed E-state index contributed by atoms with van der Waals surface area (Å²) in [6, 6.07) is 0. The normalized spacial score (nSPS) is 13.4. The third kappa shape index (κ3) is 8.13. The second-order valence-corrected chi connectivity index (χ2v) is 3.37. The van der Waals surface area contributed by atoms with E-state index in [0.717, 1.165) is 18.7 Å². The molecule has 0 aromatic rings. The predicted molar refractivity (Wildman–Crippen MR) is 49.0 cm³/mol. The van der Waals surface area contributed by atoms with Crippen LogP contribution in [0.15, 0.2) is 0 Å². The monoisotopic (exact) mass is 179 g/mol. The van der Waals surface area contributed by atoms with Crippen LogP contribution in [0.5, 0.6) is 0 Å². The van der Waals surface area contributed by atoms with Gasteiger partial charge in [-0.2, -0.15) is 11.8 Å². The molecule has 0 spiro atoms. The maximum absolute atomic E-state index is 8.90. The van der Waals surface area contributed by atoms with Gasteiger partial charge in [0, 0.05) is 6.54 Å². The lowest BCUT2D eigenvalue weighted by atomic mass is 10.3. The second kappa shape index (κ2) is 8.33. The van der Waals surface area contributed by atoms with E-state index in [1.165, 1.54) is 0 Å². The van der Waals surface area contributed by atoms with Crippen LogP contribution in [0.3, 0.4) is 0 Å². The fourth-order valence-corrected chi connectivity index (χ4v) is 1.11. The summed E-state index contributed by atoms with van der Waals surface area (Å²) in [4.78, 5) is 0. The first-order chi connectivity index (χ1) is 5.31. The third-order valence-corrected chi connectivity index (χ3v) is 1.99. The Morgan fingerprint density at radius 2 is 2.27 bits per heavy atom. The van der Waals surface area contributed by atoms with Crippen molar-refractivity contribution in [3.63, 3.8) is 0 Å². The number of aliphatic hydroxyl groups excluding tert-OH is 2. The topological polar surface area (TPSA) is 52.5 Å². The van der Waals surface area contributed by atoms with E-state index in [1.54, 1.807) is 0 Å². The Balaban J connectivity index is 2.89. The number of hydrogen-bond acceptors (Lipinski definition) is 4. The van der Waals surface area contributed by atoms with Gasteiger partial charge in [-0.3, -0.25) is 0 Å². The van der Waals surface area contributed by atoms with E-state index in [-0.39, 0.29) is 6.61 Å². The minimum absolute atomic E-state index is 0.157. The lowest BCUT2D eigenvalue weighted by Gasteiger charge is -2.07. The van der Waals surface area contributed by atoms with Crippen LogP contribution in [-0.4, -0.2) is 48.0 Å². The van der Waals surface area contributed by atoms with Crippen LogP contribution in [0.25, 0.3) is 0 Å². The van der Waals surface area contributed by atoms with Gasteiger partial charge in [0.2, 0.25) is 0 Å². The summed E-state index contributed by atoms with van der Waals surface area (Å²) in [7, 11) is 0. The van der Waals surface area contributed by atoms with E-state index in [2.05, 4.69) is 11.6 Å². The quantitative estimate of drug-likeness (QED) is 0.469. The Morgan fingerprint density at radius 1 is 1.55 bits per heavy atom. The average Bonchev–Trinajstić information content (AvgIpc) is 2.04. The molecule has 0 rings (SSSR count). The predicted octanol–water partition coefficient (Wildman–Crippen LogP) is -0.318. The van der Waals surface area contributed by atoms with E-state index in [4.69, 9.17) is 10.2 Å². The van der Waals surface area contributed by atoms with Gasteiger partial charge in [-0.25, -0.2) is 0 Å². The lowest BCUT2D eigenvalue weighted by Crippen LogP contribution is -2.30. The van der Waals surface area contributed by atoms with Gasteiger partial charge in [-0.1, -0.05) is 0 Å². The van der Waals surface area contributed by atoms with Crippen molar-refractivity contribution in [2.45, 2.75) is 12.5 Å². The van der Waals surface area contributed by atoms with Crippen molar-refractivity contribution >= 4 is 11.8 Å². The summed E-state index contributed by atoms with van der Waals surface area (Å²) in [6.45, 7) is 1.25. The molecule has 1 unspecified atom stereocenters. The maximum Gasteiger partial charge on any atom is 0.0894 e. The van der Waals surface area contributed by atoms with Crippen LogP contribution in [0.4, 0.5) is 0 Å². The van der Waals surface area contributed by atoms with Gasteiger partial charge < -0.3 is 15.5 Å². The molecule has 0 fully saturated rings. The Hall–Kier alpha value is 0.230. The van der Waals surface area contributed by atoms with Crippen molar-refractivity contribution in [3.05, 3.63) is 0 Å². The molecule has 0 aliphatic rings. The zero-order valence-corrected chi connectivity index (χ0v) is 7.73. The van der Waals surface area contributed by atoms with Gasteiger partial charge in [-0.15, -0.1) is 0 Å². The molecular formula is C7H17NO2S. The molecule has 0 bridgehead atoms. The summed E-state index contributed by atoms with van der Waals surface area (Å²) in [5.41, 5.74) is 0. The summed E-state index contributed by atoms with van der Waals surface area (Å²) >= 11 is 1.81. The summed E-state index contributed by atoms with van der Waals surface area (Å²) in [5.74, 6) is 1.14. The number of aliphatic hydroxyl groups is 2. The molecule has 68 valence electrons. The molecule has 0 heterocycles. The first kappa shape index (κ1) is 11.2. The SMILES string of the molecule is CSCCCNCC(O)CO. The van der Waals surface area contributed by atoms with Crippen LogP contribution in [-0.2, 0) is 0 Å². The molecule has 0 aromatic heterocycles. The van der Waals surface area contributed by atoms with E-state index in [9.17, 15) is 0 Å². The van der Waals surface area contributed by atoms with Gasteiger partial charge in [0.15, 0.2) is 0 Å². The molecule has 0 saturated carbocycles. The van der Waals surface area contributed by atoms with E-state index in [1.807, 2.05) is 11.8 Å². The molecule has 0 aliphatic heterocycles. The largest absolute Gasteiger partial charge is 0.394 e. The lowest BCUT2D eigenvalue weighted by molar-refractivity contribution is 0.0946. The Morgan fingerprint density at radius 3 is 2.82 bits per heavy atom. The summed E-state index contributed by atoms with van der Waals surface area (Å²) in [5, 5.41) is 20.4. The van der Waals surface area contributed by atoms with Gasteiger partial charge in [0.25, 0.3) is 0 Å². The zero-order valence-electron chi connectivity index (χ0n) is 6.92. The fraction of sp³-hybridized carbons (Fsp3) is 1.00. The smallest absolute Gasteiger partial charge is 0.0894 e. The van der Waals surface area contributed by atoms with Crippen molar-refractivity contribution in [3.8, 4) is 0 Å². The number of thioether (sulfide) groups is 1. The molecule has 3 nitrogen and oxygen atoms in total. The minimum atomic E-state index is -0.607. The van der Waals surface area contributed by atoms with Crippen molar-refractivity contribution in [1.82, 2.24) is 5.32 Å². The standard InChI is InChI=1S/C7H17NO2S/c1-11-4-2-3-8-5-7(10)6-9/h7-10H,2-6H2,1H3. The van der Waals surface area contributed by atoms with Gasteiger partial charge in [0.05, 0.1) is 12.7 Å². The molecule has 0 radical (unpaired) electrons. The summed E-state index contributed by atoms with van der Waals surface area (Å²) < 4.78 is 0. The van der Waals surface area contributed by atoms with E-state index in [0.29, 0.717) is 6.54 Å². The Labute approximate surface area is 72.2 Å². The van der Waals surface area contributed by atoms with Gasteiger partial charge in [0.1, 0.15) is 0 Å². The molecule has 11 heavy (non-hydrogen) atoms. The van der Waals surface area contributed by atoms with Gasteiger partial charge in [-0.05, 0) is 25.0 Å². The van der Waals surface area contributed by atoms with Crippen molar-refractivity contribution in [1.29, 1.82) is 0 Å². The number of rotatable bonds is 7. The first-order valence-electron chi connectivity index (χ1n) is 3.79. The number of nitrogens with one attached hydrogen (secondary N) is 1. The average molecular weight is 179 g/mol.